The lowest BCUT2D eigenvalue weighted by Gasteiger charge is -2.31. The Morgan fingerprint density at radius 1 is 1.19 bits per heavy atom. The summed E-state index contributed by atoms with van der Waals surface area (Å²) in [7, 11) is 2.07. The van der Waals surface area contributed by atoms with Crippen LogP contribution in [0.5, 0.6) is 5.75 Å². The molecule has 4 rings (SSSR count). The van der Waals surface area contributed by atoms with E-state index in [0.29, 0.717) is 6.61 Å². The molecule has 3 aromatic rings. The number of piperazine rings is 1. The molecule has 0 spiro atoms. The van der Waals surface area contributed by atoms with Crippen LogP contribution in [0.2, 0.25) is 0 Å². The van der Waals surface area contributed by atoms with E-state index >= 15 is 0 Å². The van der Waals surface area contributed by atoms with Crippen molar-refractivity contribution in [1.82, 2.24) is 9.80 Å². The number of carbonyl (C=O) groups excluding carboxylic acids is 1. The molecule has 1 aromatic heterocycles. The van der Waals surface area contributed by atoms with Gasteiger partial charge in [0.15, 0.2) is 0 Å². The highest BCUT2D eigenvalue weighted by Crippen LogP contribution is 2.40. The highest BCUT2D eigenvalue weighted by atomic mass is 19.1. The first-order valence-corrected chi connectivity index (χ1v) is 11.0. The van der Waals surface area contributed by atoms with E-state index in [4.69, 9.17) is 9.15 Å². The fourth-order valence-corrected chi connectivity index (χ4v) is 4.17. The number of carbonyl (C=O) groups is 1. The van der Waals surface area contributed by atoms with Crippen molar-refractivity contribution in [3.8, 4) is 16.9 Å². The molecule has 2 heterocycles. The molecule has 0 N–H and O–H groups in total. The van der Waals surface area contributed by atoms with Gasteiger partial charge in [-0.25, -0.2) is 4.39 Å². The van der Waals surface area contributed by atoms with Crippen molar-refractivity contribution in [3.63, 3.8) is 0 Å². The first-order valence-electron chi connectivity index (χ1n) is 11.0. The minimum absolute atomic E-state index is 0.0155. The lowest BCUT2D eigenvalue weighted by Crippen LogP contribution is -2.46. The van der Waals surface area contributed by atoms with Crippen LogP contribution in [0.1, 0.15) is 25.0 Å². The summed E-state index contributed by atoms with van der Waals surface area (Å²) in [4.78, 5) is 17.0. The third kappa shape index (κ3) is 4.28. The molecule has 32 heavy (non-hydrogen) atoms. The van der Waals surface area contributed by atoms with Gasteiger partial charge < -0.3 is 19.0 Å². The Hall–Kier alpha value is -3.12. The van der Waals surface area contributed by atoms with E-state index in [0.717, 1.165) is 70.7 Å². The standard InChI is InChI=1S/C26H29FN2O3/c1-5-31-25-18(3)26-22(23(16-32-26)19-6-8-20(27)9-7-19)15-21(25)17(2)14-24(30)29-12-10-28(4)11-13-29/h6-9,14-16H,5,10-13H2,1-4H3/b17-14+. The Labute approximate surface area is 188 Å². The minimum Gasteiger partial charge on any atom is -0.493 e. The molecule has 1 amide bonds. The molecule has 2 aromatic carbocycles. The molecule has 0 unspecified atom stereocenters. The van der Waals surface area contributed by atoms with Gasteiger partial charge in [-0.1, -0.05) is 12.1 Å². The summed E-state index contributed by atoms with van der Waals surface area (Å²) >= 11 is 0. The third-order valence-corrected chi connectivity index (χ3v) is 6.07. The normalized spacial score (nSPS) is 15.4. The molecule has 0 bridgehead atoms. The van der Waals surface area contributed by atoms with Gasteiger partial charge in [-0.3, -0.25) is 4.79 Å². The maximum absolute atomic E-state index is 13.4. The Morgan fingerprint density at radius 2 is 1.88 bits per heavy atom. The lowest BCUT2D eigenvalue weighted by molar-refractivity contribution is -0.127. The number of hydrogen-bond donors (Lipinski definition) is 0. The summed E-state index contributed by atoms with van der Waals surface area (Å²) in [5, 5.41) is 0.910. The van der Waals surface area contributed by atoms with Gasteiger partial charge in [0, 0.05) is 54.3 Å². The van der Waals surface area contributed by atoms with Crippen LogP contribution in [-0.2, 0) is 4.79 Å². The van der Waals surface area contributed by atoms with Gasteiger partial charge in [-0.05, 0) is 57.2 Å². The first-order chi connectivity index (χ1) is 15.4. The largest absolute Gasteiger partial charge is 0.493 e. The zero-order valence-corrected chi connectivity index (χ0v) is 19.1. The summed E-state index contributed by atoms with van der Waals surface area (Å²) in [6.45, 7) is 9.56. The number of allylic oxidation sites excluding steroid dienone is 1. The zero-order chi connectivity index (χ0) is 22.8. The average molecular weight is 437 g/mol. The van der Waals surface area contributed by atoms with Crippen LogP contribution in [0.3, 0.4) is 0 Å². The summed E-state index contributed by atoms with van der Waals surface area (Å²) in [5.74, 6) is 0.458. The van der Waals surface area contributed by atoms with Gasteiger partial charge in [0.25, 0.3) is 0 Å². The number of rotatable bonds is 5. The molecule has 1 aliphatic heterocycles. The van der Waals surface area contributed by atoms with Crippen LogP contribution < -0.4 is 4.74 Å². The molecule has 5 nitrogen and oxygen atoms in total. The van der Waals surface area contributed by atoms with Crippen LogP contribution in [-0.4, -0.2) is 55.5 Å². The topological polar surface area (TPSA) is 45.9 Å². The van der Waals surface area contributed by atoms with E-state index in [2.05, 4.69) is 11.9 Å². The molecule has 168 valence electrons. The van der Waals surface area contributed by atoms with Gasteiger partial charge in [0.2, 0.25) is 5.91 Å². The summed E-state index contributed by atoms with van der Waals surface area (Å²) in [5.41, 5.74) is 5.07. The quantitative estimate of drug-likeness (QED) is 0.521. The van der Waals surface area contributed by atoms with Gasteiger partial charge in [0.05, 0.1) is 12.9 Å². The summed E-state index contributed by atoms with van der Waals surface area (Å²) in [6.07, 6.45) is 3.39. The lowest BCUT2D eigenvalue weighted by atomic mass is 9.96. The SMILES string of the molecule is CCOc1c(/C(C)=C/C(=O)N2CCN(C)CC2)cc2c(-c3ccc(F)cc3)coc2c1C. The Morgan fingerprint density at radius 3 is 2.53 bits per heavy atom. The van der Waals surface area contributed by atoms with E-state index in [-0.39, 0.29) is 11.7 Å². The van der Waals surface area contributed by atoms with Crippen LogP contribution in [0.4, 0.5) is 4.39 Å². The van der Waals surface area contributed by atoms with Crippen molar-refractivity contribution in [1.29, 1.82) is 0 Å². The fraction of sp³-hybridized carbons (Fsp3) is 0.346. The fourth-order valence-electron chi connectivity index (χ4n) is 4.17. The van der Waals surface area contributed by atoms with Crippen molar-refractivity contribution in [2.24, 2.45) is 0 Å². The maximum Gasteiger partial charge on any atom is 0.246 e. The van der Waals surface area contributed by atoms with E-state index in [1.165, 1.54) is 12.1 Å². The second-order valence-electron chi connectivity index (χ2n) is 8.30. The predicted octanol–water partition coefficient (Wildman–Crippen LogP) is 5.12. The second-order valence-corrected chi connectivity index (χ2v) is 8.30. The van der Waals surface area contributed by atoms with Crippen LogP contribution in [0.15, 0.2) is 47.1 Å². The Kier molecular flexibility index (Phi) is 6.33. The van der Waals surface area contributed by atoms with E-state index < -0.39 is 0 Å². The monoisotopic (exact) mass is 436 g/mol. The molecule has 0 atom stereocenters. The number of furan rings is 1. The zero-order valence-electron chi connectivity index (χ0n) is 19.1. The number of fused-ring (bicyclic) bond motifs is 1. The number of halogens is 1. The van der Waals surface area contributed by atoms with Gasteiger partial charge in [-0.2, -0.15) is 0 Å². The molecule has 1 fully saturated rings. The number of amides is 1. The molecule has 0 aliphatic carbocycles. The summed E-state index contributed by atoms with van der Waals surface area (Å²) < 4.78 is 25.3. The molecular weight excluding hydrogens is 407 g/mol. The second kappa shape index (κ2) is 9.17. The Bertz CT molecular complexity index is 1160. The third-order valence-electron chi connectivity index (χ3n) is 6.07. The van der Waals surface area contributed by atoms with Crippen LogP contribution in [0, 0.1) is 12.7 Å². The van der Waals surface area contributed by atoms with Gasteiger partial charge in [-0.15, -0.1) is 0 Å². The van der Waals surface area contributed by atoms with Crippen molar-refractivity contribution < 1.29 is 18.3 Å². The Balaban J connectivity index is 1.78. The smallest absolute Gasteiger partial charge is 0.246 e. The molecule has 0 saturated carbocycles. The summed E-state index contributed by atoms with van der Waals surface area (Å²) in [6, 6.07) is 8.38. The van der Waals surface area contributed by atoms with Crippen molar-refractivity contribution >= 4 is 22.4 Å². The minimum atomic E-state index is -0.279. The number of nitrogens with zero attached hydrogens (tertiary/aromatic N) is 2. The molecule has 1 aliphatic rings. The highest BCUT2D eigenvalue weighted by molar-refractivity contribution is 6.01. The van der Waals surface area contributed by atoms with E-state index in [1.807, 2.05) is 31.7 Å². The van der Waals surface area contributed by atoms with E-state index in [1.54, 1.807) is 24.5 Å². The number of aryl methyl sites for hydroxylation is 1. The van der Waals surface area contributed by atoms with Crippen LogP contribution >= 0.6 is 0 Å². The van der Waals surface area contributed by atoms with Crippen molar-refractivity contribution in [3.05, 3.63) is 59.6 Å². The van der Waals surface area contributed by atoms with Gasteiger partial charge in [0.1, 0.15) is 17.1 Å². The van der Waals surface area contributed by atoms with Crippen LogP contribution in [0.25, 0.3) is 27.7 Å². The molecule has 0 radical (unpaired) electrons. The van der Waals surface area contributed by atoms with Gasteiger partial charge >= 0.3 is 0 Å². The van der Waals surface area contributed by atoms with Crippen molar-refractivity contribution in [2.45, 2.75) is 20.8 Å². The first kappa shape index (κ1) is 22.1. The molecular formula is C26H29FN2O3. The molecule has 1 saturated heterocycles. The number of hydrogen-bond acceptors (Lipinski definition) is 4. The number of ether oxygens (including phenoxy) is 1. The molecule has 6 heteroatoms. The predicted molar refractivity (Wildman–Crippen MR) is 125 cm³/mol. The average Bonchev–Trinajstić information content (AvgIpc) is 3.20. The highest BCUT2D eigenvalue weighted by Gasteiger charge is 2.21. The number of likely N-dealkylation sites (N-methyl/N-ethyl adjacent to an activating group) is 1. The van der Waals surface area contributed by atoms with Crippen molar-refractivity contribution in [2.75, 3.05) is 39.8 Å². The van der Waals surface area contributed by atoms with E-state index in [9.17, 15) is 9.18 Å². The maximum atomic E-state index is 13.4. The number of benzene rings is 2.